The fourth-order valence-electron chi connectivity index (χ4n) is 3.67. The van der Waals surface area contributed by atoms with E-state index >= 15 is 0 Å². The summed E-state index contributed by atoms with van der Waals surface area (Å²) in [6, 6.07) is 0. The van der Waals surface area contributed by atoms with Crippen LogP contribution in [0.2, 0.25) is 0 Å². The lowest BCUT2D eigenvalue weighted by Crippen LogP contribution is -2.43. The van der Waals surface area contributed by atoms with Crippen molar-refractivity contribution in [3.63, 3.8) is 0 Å². The first-order valence-corrected chi connectivity index (χ1v) is 8.12. The third kappa shape index (κ3) is 4.17. The van der Waals surface area contributed by atoms with Gasteiger partial charge in [-0.2, -0.15) is 0 Å². The maximum atomic E-state index is 10.6. The first-order valence-electron chi connectivity index (χ1n) is 8.12. The van der Waals surface area contributed by atoms with Crippen molar-refractivity contribution >= 4 is 0 Å². The number of ether oxygens (including phenoxy) is 2. The Hall–Kier alpha value is -0.120. The largest absolute Gasteiger partial charge is 0.390 e. The summed E-state index contributed by atoms with van der Waals surface area (Å²) < 4.78 is 11.4. The molecule has 2 unspecified atom stereocenters. The molecular formula is C16H30O3. The highest BCUT2D eigenvalue weighted by Gasteiger charge is 2.37. The Morgan fingerprint density at radius 3 is 2.53 bits per heavy atom. The molecule has 0 aromatic carbocycles. The summed E-state index contributed by atoms with van der Waals surface area (Å²) >= 11 is 0. The summed E-state index contributed by atoms with van der Waals surface area (Å²) in [6.45, 7) is 0.926. The Kier molecular flexibility index (Phi) is 6.11. The van der Waals surface area contributed by atoms with E-state index in [9.17, 15) is 5.11 Å². The van der Waals surface area contributed by atoms with Gasteiger partial charge in [0.2, 0.25) is 0 Å². The van der Waals surface area contributed by atoms with Gasteiger partial charge in [0.05, 0.1) is 17.8 Å². The SMILES string of the molecule is COC1(C(O)CCCC2CCCO2)CCCCCC1. The Bertz CT molecular complexity index is 240. The lowest BCUT2D eigenvalue weighted by Gasteiger charge is -2.36. The summed E-state index contributed by atoms with van der Waals surface area (Å²) in [5.74, 6) is 0. The molecule has 2 rings (SSSR count). The van der Waals surface area contributed by atoms with Crippen LogP contribution in [0.15, 0.2) is 0 Å². The van der Waals surface area contributed by atoms with E-state index in [2.05, 4.69) is 0 Å². The van der Waals surface area contributed by atoms with Gasteiger partial charge >= 0.3 is 0 Å². The Labute approximate surface area is 117 Å². The second-order valence-corrected chi connectivity index (χ2v) is 6.26. The van der Waals surface area contributed by atoms with Crippen LogP contribution < -0.4 is 0 Å². The molecule has 3 nitrogen and oxygen atoms in total. The molecule has 1 saturated heterocycles. The highest BCUT2D eigenvalue weighted by molar-refractivity contribution is 4.90. The smallest absolute Gasteiger partial charge is 0.0936 e. The summed E-state index contributed by atoms with van der Waals surface area (Å²) in [5, 5.41) is 10.6. The van der Waals surface area contributed by atoms with Crippen molar-refractivity contribution in [3.05, 3.63) is 0 Å². The predicted molar refractivity (Wildman–Crippen MR) is 76.3 cm³/mol. The fourth-order valence-corrected chi connectivity index (χ4v) is 3.67. The van der Waals surface area contributed by atoms with Gasteiger partial charge < -0.3 is 14.6 Å². The Morgan fingerprint density at radius 2 is 1.95 bits per heavy atom. The molecule has 2 atom stereocenters. The molecule has 0 radical (unpaired) electrons. The number of hydrogen-bond acceptors (Lipinski definition) is 3. The number of methoxy groups -OCH3 is 1. The highest BCUT2D eigenvalue weighted by atomic mass is 16.5. The van der Waals surface area contributed by atoms with E-state index in [4.69, 9.17) is 9.47 Å². The second kappa shape index (κ2) is 7.61. The third-order valence-electron chi connectivity index (χ3n) is 4.99. The number of aliphatic hydroxyl groups excluding tert-OH is 1. The minimum atomic E-state index is -0.308. The van der Waals surface area contributed by atoms with E-state index in [1.54, 1.807) is 7.11 Å². The zero-order valence-corrected chi connectivity index (χ0v) is 12.4. The van der Waals surface area contributed by atoms with E-state index in [1.807, 2.05) is 0 Å². The van der Waals surface area contributed by atoms with Crippen molar-refractivity contribution in [2.75, 3.05) is 13.7 Å². The number of aliphatic hydroxyl groups is 1. The molecule has 0 bridgehead atoms. The average molecular weight is 270 g/mol. The molecule has 2 aliphatic rings. The minimum Gasteiger partial charge on any atom is -0.390 e. The van der Waals surface area contributed by atoms with Crippen LogP contribution in [-0.2, 0) is 9.47 Å². The molecule has 3 heteroatoms. The van der Waals surface area contributed by atoms with Gasteiger partial charge in [-0.15, -0.1) is 0 Å². The number of rotatable bonds is 6. The van der Waals surface area contributed by atoms with Gasteiger partial charge in [0.1, 0.15) is 0 Å². The van der Waals surface area contributed by atoms with Gasteiger partial charge in [0.15, 0.2) is 0 Å². The van der Waals surface area contributed by atoms with Gasteiger partial charge in [-0.05, 0) is 44.9 Å². The molecule has 2 fully saturated rings. The molecule has 19 heavy (non-hydrogen) atoms. The molecule has 0 spiro atoms. The van der Waals surface area contributed by atoms with Crippen molar-refractivity contribution in [1.82, 2.24) is 0 Å². The average Bonchev–Trinajstić information content (AvgIpc) is 2.82. The summed E-state index contributed by atoms with van der Waals surface area (Å²) in [7, 11) is 1.77. The van der Waals surface area contributed by atoms with E-state index in [1.165, 1.54) is 38.5 Å². The van der Waals surface area contributed by atoms with Crippen molar-refractivity contribution in [2.24, 2.45) is 0 Å². The maximum absolute atomic E-state index is 10.6. The van der Waals surface area contributed by atoms with Crippen LogP contribution in [0, 0.1) is 0 Å². The normalized spacial score (nSPS) is 29.1. The minimum absolute atomic E-state index is 0.271. The molecular weight excluding hydrogens is 240 g/mol. The summed E-state index contributed by atoms with van der Waals surface area (Å²) in [4.78, 5) is 0. The lowest BCUT2D eigenvalue weighted by molar-refractivity contribution is -0.115. The third-order valence-corrected chi connectivity index (χ3v) is 4.99. The van der Waals surface area contributed by atoms with Gasteiger partial charge in [0, 0.05) is 13.7 Å². The van der Waals surface area contributed by atoms with Gasteiger partial charge in [-0.3, -0.25) is 0 Å². The van der Waals surface area contributed by atoms with Crippen molar-refractivity contribution in [1.29, 1.82) is 0 Å². The monoisotopic (exact) mass is 270 g/mol. The zero-order chi connectivity index (χ0) is 13.6. The number of hydrogen-bond donors (Lipinski definition) is 1. The molecule has 1 N–H and O–H groups in total. The van der Waals surface area contributed by atoms with Crippen LogP contribution in [0.3, 0.4) is 0 Å². The van der Waals surface area contributed by atoms with Crippen LogP contribution in [0.5, 0.6) is 0 Å². The fraction of sp³-hybridized carbons (Fsp3) is 1.00. The highest BCUT2D eigenvalue weighted by Crippen LogP contribution is 2.35. The van der Waals surface area contributed by atoms with Gasteiger partial charge in [-0.1, -0.05) is 25.7 Å². The topological polar surface area (TPSA) is 38.7 Å². The molecule has 112 valence electrons. The quantitative estimate of drug-likeness (QED) is 0.751. The molecule has 0 amide bonds. The maximum Gasteiger partial charge on any atom is 0.0936 e. The molecule has 1 aliphatic heterocycles. The van der Waals surface area contributed by atoms with E-state index in [-0.39, 0.29) is 11.7 Å². The lowest BCUT2D eigenvalue weighted by atomic mass is 9.85. The van der Waals surface area contributed by atoms with Crippen molar-refractivity contribution in [3.8, 4) is 0 Å². The van der Waals surface area contributed by atoms with E-state index < -0.39 is 0 Å². The van der Waals surface area contributed by atoms with Crippen LogP contribution in [0.1, 0.15) is 70.6 Å². The van der Waals surface area contributed by atoms with Crippen LogP contribution in [-0.4, -0.2) is 36.6 Å². The molecule has 0 aromatic heterocycles. The van der Waals surface area contributed by atoms with Crippen molar-refractivity contribution < 1.29 is 14.6 Å². The predicted octanol–water partition coefficient (Wildman–Crippen LogP) is 3.44. The first kappa shape index (κ1) is 15.3. The second-order valence-electron chi connectivity index (χ2n) is 6.26. The Balaban J connectivity index is 1.76. The van der Waals surface area contributed by atoms with Crippen LogP contribution >= 0.6 is 0 Å². The Morgan fingerprint density at radius 1 is 1.21 bits per heavy atom. The van der Waals surface area contributed by atoms with Gasteiger partial charge in [-0.25, -0.2) is 0 Å². The summed E-state index contributed by atoms with van der Waals surface area (Å²) in [5.41, 5.74) is -0.271. The summed E-state index contributed by atoms with van der Waals surface area (Å²) in [6.07, 6.45) is 12.5. The molecule has 0 aromatic rings. The van der Waals surface area contributed by atoms with Crippen LogP contribution in [0.25, 0.3) is 0 Å². The van der Waals surface area contributed by atoms with Crippen LogP contribution in [0.4, 0.5) is 0 Å². The standard InChI is InChI=1S/C16H30O3/c1-18-16(11-4-2-3-5-12-16)15(17)10-6-8-14-9-7-13-19-14/h14-15,17H,2-13H2,1H3. The first-order chi connectivity index (χ1) is 9.27. The molecule has 1 heterocycles. The van der Waals surface area contributed by atoms with Gasteiger partial charge in [0.25, 0.3) is 0 Å². The molecule has 1 aliphatic carbocycles. The van der Waals surface area contributed by atoms with E-state index in [0.717, 1.165) is 38.7 Å². The van der Waals surface area contributed by atoms with Crippen molar-refractivity contribution in [2.45, 2.75) is 88.4 Å². The van der Waals surface area contributed by atoms with E-state index in [0.29, 0.717) is 6.10 Å². The molecule has 1 saturated carbocycles. The zero-order valence-electron chi connectivity index (χ0n) is 12.4.